The molecule has 0 bridgehead atoms. The topological polar surface area (TPSA) is 73.0 Å². The molecule has 0 amide bonds. The lowest BCUT2D eigenvalue weighted by molar-refractivity contribution is -0.0528. The average molecular weight is 286 g/mol. The van der Waals surface area contributed by atoms with E-state index < -0.39 is 6.61 Å². The van der Waals surface area contributed by atoms with Gasteiger partial charge in [0, 0.05) is 25.4 Å². The van der Waals surface area contributed by atoms with Gasteiger partial charge in [0.05, 0.1) is 19.8 Å². The average Bonchev–Trinajstić information content (AvgIpc) is 2.45. The second kappa shape index (κ2) is 6.99. The highest BCUT2D eigenvalue weighted by Gasteiger charge is 2.12. The van der Waals surface area contributed by atoms with Crippen LogP contribution in [0.15, 0.2) is 23.3 Å². The summed E-state index contributed by atoms with van der Waals surface area (Å²) in [6.07, 6.45) is 1.40. The summed E-state index contributed by atoms with van der Waals surface area (Å²) in [4.78, 5) is 9.84. The van der Waals surface area contributed by atoms with Crippen LogP contribution in [0.2, 0.25) is 0 Å². The van der Waals surface area contributed by atoms with Crippen LogP contribution in [0.4, 0.5) is 8.78 Å². The van der Waals surface area contributed by atoms with Gasteiger partial charge in [-0.3, -0.25) is 0 Å². The lowest BCUT2D eigenvalue weighted by atomic mass is 10.3. The molecule has 8 heteroatoms. The summed E-state index contributed by atoms with van der Waals surface area (Å²) >= 11 is 0. The predicted octanol–water partition coefficient (Wildman–Crippen LogP) is 0.830. The van der Waals surface area contributed by atoms with E-state index in [2.05, 4.69) is 14.7 Å². The van der Waals surface area contributed by atoms with Crippen LogP contribution in [-0.4, -0.2) is 48.8 Å². The number of nitrogens with zero attached hydrogens (tertiary/aromatic N) is 3. The first kappa shape index (κ1) is 14.4. The Bertz CT molecular complexity index is 465. The fourth-order valence-corrected chi connectivity index (χ4v) is 1.77. The maximum Gasteiger partial charge on any atom is 0.388 e. The van der Waals surface area contributed by atoms with Crippen molar-refractivity contribution >= 4 is 5.96 Å². The number of hydrogen-bond donors (Lipinski definition) is 1. The number of rotatable bonds is 4. The molecule has 0 unspecified atom stereocenters. The van der Waals surface area contributed by atoms with Crippen molar-refractivity contribution in [3.63, 3.8) is 0 Å². The zero-order chi connectivity index (χ0) is 14.4. The minimum absolute atomic E-state index is 0.127. The van der Waals surface area contributed by atoms with Gasteiger partial charge in [-0.2, -0.15) is 8.78 Å². The van der Waals surface area contributed by atoms with E-state index in [1.807, 2.05) is 4.90 Å². The van der Waals surface area contributed by atoms with Gasteiger partial charge >= 0.3 is 6.61 Å². The molecule has 20 heavy (non-hydrogen) atoms. The van der Waals surface area contributed by atoms with Crippen molar-refractivity contribution in [2.45, 2.75) is 13.2 Å². The summed E-state index contributed by atoms with van der Waals surface area (Å²) in [6, 6.07) is 3.09. The van der Waals surface area contributed by atoms with Crippen LogP contribution in [0, 0.1) is 0 Å². The summed E-state index contributed by atoms with van der Waals surface area (Å²) in [5.41, 5.74) is 6.57. The SMILES string of the molecule is NC(=NCc1ccnc(OC(F)F)c1)N1CCOCC1. The third-order valence-corrected chi connectivity index (χ3v) is 2.77. The van der Waals surface area contributed by atoms with Crippen LogP contribution in [0.5, 0.6) is 5.88 Å². The molecule has 1 aromatic heterocycles. The van der Waals surface area contributed by atoms with Gasteiger partial charge in [-0.1, -0.05) is 0 Å². The number of alkyl halides is 2. The first-order chi connectivity index (χ1) is 9.65. The number of hydrogen-bond acceptors (Lipinski definition) is 4. The molecular weight excluding hydrogens is 270 g/mol. The molecule has 1 aromatic rings. The third-order valence-electron chi connectivity index (χ3n) is 2.77. The molecule has 0 saturated carbocycles. The van der Waals surface area contributed by atoms with Gasteiger partial charge in [-0.25, -0.2) is 9.98 Å². The maximum absolute atomic E-state index is 12.1. The molecule has 0 aromatic carbocycles. The summed E-state index contributed by atoms with van der Waals surface area (Å²) in [7, 11) is 0. The monoisotopic (exact) mass is 286 g/mol. The Morgan fingerprint density at radius 2 is 2.25 bits per heavy atom. The first-order valence-electron chi connectivity index (χ1n) is 6.17. The van der Waals surface area contributed by atoms with E-state index in [0.717, 1.165) is 0 Å². The van der Waals surface area contributed by atoms with Crippen LogP contribution in [-0.2, 0) is 11.3 Å². The number of halogens is 2. The van der Waals surface area contributed by atoms with E-state index in [4.69, 9.17) is 10.5 Å². The molecule has 1 fully saturated rings. The number of aliphatic imine (C=N–C) groups is 1. The van der Waals surface area contributed by atoms with Crippen LogP contribution < -0.4 is 10.5 Å². The van der Waals surface area contributed by atoms with Gasteiger partial charge < -0.3 is 20.1 Å². The highest BCUT2D eigenvalue weighted by atomic mass is 19.3. The molecule has 0 radical (unpaired) electrons. The Labute approximate surface area is 115 Å². The molecule has 2 heterocycles. The smallest absolute Gasteiger partial charge is 0.388 e. The Morgan fingerprint density at radius 3 is 2.95 bits per heavy atom. The number of nitrogens with two attached hydrogens (primary N) is 1. The number of guanidine groups is 1. The fraction of sp³-hybridized carbons (Fsp3) is 0.500. The lowest BCUT2D eigenvalue weighted by Gasteiger charge is -2.27. The number of morpholine rings is 1. The van der Waals surface area contributed by atoms with E-state index in [1.54, 1.807) is 6.07 Å². The molecule has 110 valence electrons. The van der Waals surface area contributed by atoms with Gasteiger partial charge in [0.2, 0.25) is 5.88 Å². The molecule has 6 nitrogen and oxygen atoms in total. The van der Waals surface area contributed by atoms with Crippen molar-refractivity contribution in [2.75, 3.05) is 26.3 Å². The molecular formula is C12H16F2N4O2. The number of aromatic nitrogens is 1. The Kier molecular flexibility index (Phi) is 5.05. The normalized spacial score (nSPS) is 16.6. The Hall–Kier alpha value is -1.96. The largest absolute Gasteiger partial charge is 0.417 e. The highest BCUT2D eigenvalue weighted by molar-refractivity contribution is 5.78. The minimum atomic E-state index is -2.89. The summed E-state index contributed by atoms with van der Waals surface area (Å²) in [6.45, 7) is 0.0392. The number of pyridine rings is 1. The van der Waals surface area contributed by atoms with Crippen LogP contribution in [0.1, 0.15) is 5.56 Å². The minimum Gasteiger partial charge on any atom is -0.417 e. The van der Waals surface area contributed by atoms with Gasteiger partial charge in [0.15, 0.2) is 5.96 Å². The van der Waals surface area contributed by atoms with Crippen molar-refractivity contribution in [1.82, 2.24) is 9.88 Å². The third kappa shape index (κ3) is 4.30. The fourth-order valence-electron chi connectivity index (χ4n) is 1.77. The van der Waals surface area contributed by atoms with E-state index in [-0.39, 0.29) is 12.4 Å². The molecule has 0 aliphatic carbocycles. The number of ether oxygens (including phenoxy) is 2. The molecule has 1 aliphatic rings. The van der Waals surface area contributed by atoms with Crippen LogP contribution in [0.25, 0.3) is 0 Å². The Balaban J connectivity index is 1.95. The van der Waals surface area contributed by atoms with Crippen molar-refractivity contribution in [2.24, 2.45) is 10.7 Å². The molecule has 1 saturated heterocycles. The standard InChI is InChI=1S/C12H16F2N4O2/c13-11(14)20-10-7-9(1-2-16-10)8-17-12(15)18-3-5-19-6-4-18/h1-2,7,11H,3-6,8H2,(H2,15,17). The molecule has 0 spiro atoms. The summed E-state index contributed by atoms with van der Waals surface area (Å²) in [5, 5.41) is 0. The molecule has 1 aliphatic heterocycles. The van der Waals surface area contributed by atoms with Crippen LogP contribution in [0.3, 0.4) is 0 Å². The van der Waals surface area contributed by atoms with E-state index >= 15 is 0 Å². The van der Waals surface area contributed by atoms with Gasteiger partial charge in [0.25, 0.3) is 0 Å². The predicted molar refractivity (Wildman–Crippen MR) is 68.6 cm³/mol. The first-order valence-corrected chi connectivity index (χ1v) is 6.17. The summed E-state index contributed by atoms with van der Waals surface area (Å²) < 4.78 is 33.6. The van der Waals surface area contributed by atoms with Gasteiger partial charge in [-0.15, -0.1) is 0 Å². The second-order valence-electron chi connectivity index (χ2n) is 4.15. The van der Waals surface area contributed by atoms with E-state index in [9.17, 15) is 8.78 Å². The Morgan fingerprint density at radius 1 is 1.50 bits per heavy atom. The molecule has 2 rings (SSSR count). The maximum atomic E-state index is 12.1. The van der Waals surface area contributed by atoms with Crippen molar-refractivity contribution in [1.29, 1.82) is 0 Å². The van der Waals surface area contributed by atoms with Crippen molar-refractivity contribution < 1.29 is 18.3 Å². The zero-order valence-electron chi connectivity index (χ0n) is 10.8. The quantitative estimate of drug-likeness (QED) is 0.655. The van der Waals surface area contributed by atoms with Crippen molar-refractivity contribution in [3.8, 4) is 5.88 Å². The van der Waals surface area contributed by atoms with Gasteiger partial charge in [-0.05, 0) is 11.6 Å². The summed E-state index contributed by atoms with van der Waals surface area (Å²) in [5.74, 6) is 0.291. The molecule has 0 atom stereocenters. The van der Waals surface area contributed by atoms with E-state index in [1.165, 1.54) is 12.3 Å². The zero-order valence-corrected chi connectivity index (χ0v) is 10.8. The lowest BCUT2D eigenvalue weighted by Crippen LogP contribution is -2.44. The van der Waals surface area contributed by atoms with Crippen LogP contribution >= 0.6 is 0 Å². The highest BCUT2D eigenvalue weighted by Crippen LogP contribution is 2.13. The van der Waals surface area contributed by atoms with Gasteiger partial charge in [0.1, 0.15) is 0 Å². The molecule has 2 N–H and O–H groups in total. The van der Waals surface area contributed by atoms with Crippen molar-refractivity contribution in [3.05, 3.63) is 23.9 Å². The second-order valence-corrected chi connectivity index (χ2v) is 4.15. The van der Waals surface area contributed by atoms with E-state index in [0.29, 0.717) is 37.8 Å².